The Morgan fingerprint density at radius 3 is 2.65 bits per heavy atom. The number of carbonyl (C=O) groups excluding carboxylic acids is 1. The van der Waals surface area contributed by atoms with Crippen molar-refractivity contribution >= 4 is 32.5 Å². The highest BCUT2D eigenvalue weighted by atomic mass is 79.9. The highest BCUT2D eigenvalue weighted by molar-refractivity contribution is 9.09. The van der Waals surface area contributed by atoms with Gasteiger partial charge in [0.05, 0.1) is 12.2 Å². The van der Waals surface area contributed by atoms with Crippen LogP contribution in [0.2, 0.25) is 0 Å². The van der Waals surface area contributed by atoms with E-state index in [-0.39, 0.29) is 5.78 Å². The smallest absolute Gasteiger partial charge is 0.163 e. The van der Waals surface area contributed by atoms with Gasteiger partial charge in [0, 0.05) is 10.7 Å². The molecule has 0 heterocycles. The fourth-order valence-electron chi connectivity index (χ4n) is 2.22. The van der Waals surface area contributed by atoms with Crippen LogP contribution in [-0.2, 0) is 0 Å². The number of ketones is 1. The van der Waals surface area contributed by atoms with Gasteiger partial charge in [-0.3, -0.25) is 4.79 Å². The Bertz CT molecular complexity index is 593. The van der Waals surface area contributed by atoms with Gasteiger partial charge in [-0.2, -0.15) is 0 Å². The van der Waals surface area contributed by atoms with Gasteiger partial charge in [-0.15, -0.1) is 0 Å². The van der Waals surface area contributed by atoms with Gasteiger partial charge in [-0.25, -0.2) is 0 Å². The lowest BCUT2D eigenvalue weighted by Crippen LogP contribution is -2.04. The first-order chi connectivity index (χ1) is 9.74. The Kier molecular flexibility index (Phi) is 5.60. The third kappa shape index (κ3) is 3.60. The van der Waals surface area contributed by atoms with E-state index in [1.54, 1.807) is 6.92 Å². The van der Waals surface area contributed by atoms with Crippen molar-refractivity contribution in [3.63, 3.8) is 0 Å². The number of rotatable bonds is 7. The van der Waals surface area contributed by atoms with E-state index < -0.39 is 0 Å². The number of benzene rings is 2. The molecule has 0 radical (unpaired) electrons. The summed E-state index contributed by atoms with van der Waals surface area (Å²) in [5.41, 5.74) is 0.671. The quantitative estimate of drug-likeness (QED) is 0.405. The van der Waals surface area contributed by atoms with Gasteiger partial charge in [-0.1, -0.05) is 46.3 Å². The number of hydrogen-bond donors (Lipinski definition) is 0. The predicted molar refractivity (Wildman–Crippen MR) is 87.1 cm³/mol. The standard InChI is InChI=1S/C17H19BrO2/c1-13(19)15-10-9-14-7-3-4-8-16(14)17(15)20-12-6-2-5-11-18/h3-4,7-10H,2,5-6,11-12H2,1H3. The maximum absolute atomic E-state index is 11.8. The zero-order valence-corrected chi connectivity index (χ0v) is 13.3. The van der Waals surface area contributed by atoms with Crippen LogP contribution in [0, 0.1) is 0 Å². The van der Waals surface area contributed by atoms with E-state index in [0.717, 1.165) is 41.1 Å². The molecule has 0 fully saturated rings. The Morgan fingerprint density at radius 1 is 1.10 bits per heavy atom. The Morgan fingerprint density at radius 2 is 1.90 bits per heavy atom. The summed E-state index contributed by atoms with van der Waals surface area (Å²) in [7, 11) is 0. The SMILES string of the molecule is CC(=O)c1ccc2ccccc2c1OCCCCCBr. The van der Waals surface area contributed by atoms with Crippen LogP contribution in [-0.4, -0.2) is 17.7 Å². The predicted octanol–water partition coefficient (Wildman–Crippen LogP) is 4.99. The molecular weight excluding hydrogens is 316 g/mol. The zero-order valence-electron chi connectivity index (χ0n) is 11.7. The lowest BCUT2D eigenvalue weighted by atomic mass is 10.0. The number of hydrogen-bond acceptors (Lipinski definition) is 2. The molecule has 0 atom stereocenters. The summed E-state index contributed by atoms with van der Waals surface area (Å²) in [5.74, 6) is 0.778. The monoisotopic (exact) mass is 334 g/mol. The molecule has 2 aromatic carbocycles. The van der Waals surface area contributed by atoms with Crippen LogP contribution in [0.4, 0.5) is 0 Å². The second-order valence-corrected chi connectivity index (χ2v) is 5.61. The number of ether oxygens (including phenoxy) is 1. The topological polar surface area (TPSA) is 26.3 Å². The first-order valence-electron chi connectivity index (χ1n) is 6.95. The molecule has 0 saturated heterocycles. The number of halogens is 1. The van der Waals surface area contributed by atoms with Crippen molar-refractivity contribution in [2.75, 3.05) is 11.9 Å². The molecule has 0 aromatic heterocycles. The van der Waals surface area contributed by atoms with Crippen LogP contribution in [0.1, 0.15) is 36.5 Å². The van der Waals surface area contributed by atoms with Gasteiger partial charge < -0.3 is 4.74 Å². The van der Waals surface area contributed by atoms with E-state index in [1.165, 1.54) is 0 Å². The second kappa shape index (κ2) is 7.44. The highest BCUT2D eigenvalue weighted by Crippen LogP contribution is 2.30. The van der Waals surface area contributed by atoms with Gasteiger partial charge >= 0.3 is 0 Å². The highest BCUT2D eigenvalue weighted by Gasteiger charge is 2.12. The summed E-state index contributed by atoms with van der Waals surface area (Å²) in [6.45, 7) is 2.24. The number of unbranched alkanes of at least 4 members (excludes halogenated alkanes) is 2. The number of alkyl halides is 1. The molecule has 0 bridgehead atoms. The molecule has 2 nitrogen and oxygen atoms in total. The van der Waals surface area contributed by atoms with Gasteiger partial charge in [0.1, 0.15) is 5.75 Å². The van der Waals surface area contributed by atoms with Crippen molar-refractivity contribution in [2.24, 2.45) is 0 Å². The largest absolute Gasteiger partial charge is 0.492 e. The van der Waals surface area contributed by atoms with E-state index in [0.29, 0.717) is 12.2 Å². The van der Waals surface area contributed by atoms with Crippen molar-refractivity contribution in [1.82, 2.24) is 0 Å². The van der Waals surface area contributed by atoms with Crippen molar-refractivity contribution in [1.29, 1.82) is 0 Å². The van der Waals surface area contributed by atoms with E-state index >= 15 is 0 Å². The van der Waals surface area contributed by atoms with Crippen LogP contribution in [0.15, 0.2) is 36.4 Å². The lowest BCUT2D eigenvalue weighted by molar-refractivity contribution is 0.101. The van der Waals surface area contributed by atoms with Crippen LogP contribution in [0.5, 0.6) is 5.75 Å². The average molecular weight is 335 g/mol. The van der Waals surface area contributed by atoms with Crippen molar-refractivity contribution in [3.8, 4) is 5.75 Å². The van der Waals surface area contributed by atoms with Crippen molar-refractivity contribution in [2.45, 2.75) is 26.2 Å². The summed E-state index contributed by atoms with van der Waals surface area (Å²) in [4.78, 5) is 11.8. The van der Waals surface area contributed by atoms with Crippen LogP contribution in [0.3, 0.4) is 0 Å². The summed E-state index contributed by atoms with van der Waals surface area (Å²) in [6.07, 6.45) is 3.29. The summed E-state index contributed by atoms with van der Waals surface area (Å²) in [5, 5.41) is 3.15. The molecule has 2 rings (SSSR count). The summed E-state index contributed by atoms with van der Waals surface area (Å²) < 4.78 is 5.92. The third-order valence-corrected chi connectivity index (χ3v) is 3.84. The fourth-order valence-corrected chi connectivity index (χ4v) is 2.62. The van der Waals surface area contributed by atoms with E-state index in [4.69, 9.17) is 4.74 Å². The van der Waals surface area contributed by atoms with Gasteiger partial charge in [0.2, 0.25) is 0 Å². The molecule has 0 saturated carbocycles. The lowest BCUT2D eigenvalue weighted by Gasteiger charge is -2.13. The molecule has 0 unspecified atom stereocenters. The summed E-state index contributed by atoms with van der Waals surface area (Å²) in [6, 6.07) is 11.9. The van der Waals surface area contributed by atoms with Gasteiger partial charge in [0.15, 0.2) is 5.78 Å². The number of fused-ring (bicyclic) bond motifs is 1. The molecule has 0 aliphatic rings. The minimum atomic E-state index is 0.0474. The fraction of sp³-hybridized carbons (Fsp3) is 0.353. The molecule has 0 spiro atoms. The Hall–Kier alpha value is -1.35. The maximum Gasteiger partial charge on any atom is 0.163 e. The molecule has 0 amide bonds. The first-order valence-corrected chi connectivity index (χ1v) is 8.07. The van der Waals surface area contributed by atoms with E-state index in [2.05, 4.69) is 15.9 Å². The molecular formula is C17H19BrO2. The molecule has 2 aromatic rings. The van der Waals surface area contributed by atoms with Crippen molar-refractivity contribution in [3.05, 3.63) is 42.0 Å². The maximum atomic E-state index is 11.8. The third-order valence-electron chi connectivity index (χ3n) is 3.28. The van der Waals surface area contributed by atoms with Crippen LogP contribution >= 0.6 is 15.9 Å². The van der Waals surface area contributed by atoms with Crippen LogP contribution < -0.4 is 4.74 Å². The average Bonchev–Trinajstić information content (AvgIpc) is 2.46. The van der Waals surface area contributed by atoms with Gasteiger partial charge in [0.25, 0.3) is 0 Å². The second-order valence-electron chi connectivity index (χ2n) is 4.82. The van der Waals surface area contributed by atoms with Crippen molar-refractivity contribution < 1.29 is 9.53 Å². The molecule has 0 aliphatic carbocycles. The number of Topliss-reactive ketones (excluding diaryl/α,β-unsaturated/α-hetero) is 1. The zero-order chi connectivity index (χ0) is 14.4. The van der Waals surface area contributed by atoms with Gasteiger partial charge in [-0.05, 0) is 37.6 Å². The van der Waals surface area contributed by atoms with Crippen LogP contribution in [0.25, 0.3) is 10.8 Å². The molecule has 106 valence electrons. The molecule has 20 heavy (non-hydrogen) atoms. The molecule has 0 aliphatic heterocycles. The van der Waals surface area contributed by atoms with E-state index in [9.17, 15) is 4.79 Å². The first kappa shape index (κ1) is 15.0. The summed E-state index contributed by atoms with van der Waals surface area (Å²) >= 11 is 3.42. The number of carbonyl (C=O) groups is 1. The minimum absolute atomic E-state index is 0.0474. The Labute approximate surface area is 128 Å². The normalized spacial score (nSPS) is 10.7. The molecule has 0 N–H and O–H groups in total. The minimum Gasteiger partial charge on any atom is -0.492 e. The molecule has 3 heteroatoms. The Balaban J connectivity index is 2.23. The van der Waals surface area contributed by atoms with E-state index in [1.807, 2.05) is 36.4 Å².